The largest absolute Gasteiger partial charge is 0.490 e. The van der Waals surface area contributed by atoms with E-state index in [9.17, 15) is 9.18 Å². The van der Waals surface area contributed by atoms with Gasteiger partial charge in [-0.3, -0.25) is 9.69 Å². The number of benzene rings is 3. The molecule has 2 bridgehead atoms. The van der Waals surface area contributed by atoms with Gasteiger partial charge in [-0.25, -0.2) is 14.4 Å². The minimum atomic E-state index is -0.360. The minimum Gasteiger partial charge on any atom is -0.490 e. The van der Waals surface area contributed by atoms with Crippen LogP contribution in [0.15, 0.2) is 73.6 Å². The normalized spacial score (nSPS) is 17.9. The van der Waals surface area contributed by atoms with Crippen LogP contribution in [0, 0.1) is 5.82 Å². The van der Waals surface area contributed by atoms with Crippen molar-refractivity contribution < 1.29 is 23.4 Å². The number of nitrogens with one attached hydrogen (secondary N) is 2. The van der Waals surface area contributed by atoms with E-state index in [2.05, 4.69) is 32.1 Å². The lowest BCUT2D eigenvalue weighted by Crippen LogP contribution is -2.44. The number of rotatable bonds is 11. The molecule has 43 heavy (non-hydrogen) atoms. The molecule has 1 aromatic heterocycles. The lowest BCUT2D eigenvalue weighted by Gasteiger charge is -2.31. The van der Waals surface area contributed by atoms with Crippen LogP contribution in [0.3, 0.4) is 0 Å². The van der Waals surface area contributed by atoms with Crippen molar-refractivity contribution >= 4 is 45.6 Å². The highest BCUT2D eigenvalue weighted by Crippen LogP contribution is 2.35. The molecule has 0 radical (unpaired) electrons. The number of anilines is 3. The summed E-state index contributed by atoms with van der Waals surface area (Å²) in [6.45, 7) is 6.76. The van der Waals surface area contributed by atoms with Crippen LogP contribution >= 0.6 is 11.6 Å². The Labute approximate surface area is 253 Å². The van der Waals surface area contributed by atoms with Crippen LogP contribution in [-0.4, -0.2) is 59.2 Å². The zero-order valence-electron chi connectivity index (χ0n) is 23.4. The number of carbonyl (C=O) groups excluding carboxylic acids is 1. The van der Waals surface area contributed by atoms with E-state index in [0.717, 1.165) is 32.5 Å². The van der Waals surface area contributed by atoms with E-state index in [1.54, 1.807) is 42.5 Å². The average molecular weight is 604 g/mol. The molecule has 2 unspecified atom stereocenters. The molecule has 6 rings (SSSR count). The quantitative estimate of drug-likeness (QED) is 0.198. The van der Waals surface area contributed by atoms with Gasteiger partial charge in [-0.05, 0) is 60.9 Å². The number of aromatic nitrogens is 2. The molecule has 222 valence electrons. The first-order valence-corrected chi connectivity index (χ1v) is 14.5. The molecule has 2 aliphatic heterocycles. The molecule has 2 atom stereocenters. The summed E-state index contributed by atoms with van der Waals surface area (Å²) >= 11 is 6.50. The van der Waals surface area contributed by atoms with Crippen molar-refractivity contribution in [2.24, 2.45) is 0 Å². The first kappa shape index (κ1) is 28.9. The van der Waals surface area contributed by atoms with Gasteiger partial charge in [-0.15, -0.1) is 0 Å². The summed E-state index contributed by atoms with van der Waals surface area (Å²) in [7, 11) is 0. The van der Waals surface area contributed by atoms with Gasteiger partial charge in [0.2, 0.25) is 5.91 Å². The predicted molar refractivity (Wildman–Crippen MR) is 164 cm³/mol. The highest BCUT2D eigenvalue weighted by atomic mass is 35.5. The summed E-state index contributed by atoms with van der Waals surface area (Å²) in [6, 6.07) is 15.0. The monoisotopic (exact) mass is 603 g/mol. The summed E-state index contributed by atoms with van der Waals surface area (Å²) in [4.78, 5) is 23.5. The fraction of sp³-hybridized carbons (Fsp3) is 0.281. The Morgan fingerprint density at radius 1 is 1.09 bits per heavy atom. The number of morpholine rings is 1. The third kappa shape index (κ3) is 7.05. The number of likely N-dealkylation sites (tertiary alicyclic amines) is 1. The Balaban J connectivity index is 1.18. The van der Waals surface area contributed by atoms with Gasteiger partial charge in [0, 0.05) is 36.8 Å². The topological polar surface area (TPSA) is 97.8 Å². The summed E-state index contributed by atoms with van der Waals surface area (Å²) in [6.07, 6.45) is 5.50. The Bertz CT molecular complexity index is 1640. The van der Waals surface area contributed by atoms with Gasteiger partial charge in [-0.2, -0.15) is 0 Å². The smallest absolute Gasteiger partial charge is 0.247 e. The standard InChI is InChI=1S/C32H31ClFN5O4/c1-2-31(40)38-28-14-25-27(15-30(28)41-11-10-39-16-23-7-8-24(17-39)43-23)35-19-36-32(25)37-22-6-9-29(26(33)13-22)42-18-20-4-3-5-21(34)12-20/h2-6,9,12-15,19,23-24H,1,7-8,10-11,16-18H2,(H,38,40)(H,35,36,37). The molecule has 2 aliphatic rings. The second-order valence-electron chi connectivity index (χ2n) is 10.5. The second kappa shape index (κ2) is 12.9. The van der Waals surface area contributed by atoms with E-state index in [0.29, 0.717) is 69.0 Å². The van der Waals surface area contributed by atoms with Crippen LogP contribution in [0.25, 0.3) is 10.9 Å². The molecule has 11 heteroatoms. The minimum absolute atomic E-state index is 0.178. The summed E-state index contributed by atoms with van der Waals surface area (Å²) in [5, 5.41) is 7.17. The molecule has 3 aromatic carbocycles. The number of halogens is 2. The summed E-state index contributed by atoms with van der Waals surface area (Å²) in [5.74, 6) is 0.797. The van der Waals surface area contributed by atoms with Crippen molar-refractivity contribution in [3.63, 3.8) is 0 Å². The molecule has 1 amide bonds. The van der Waals surface area contributed by atoms with Gasteiger partial charge in [0.05, 0.1) is 28.4 Å². The van der Waals surface area contributed by atoms with Gasteiger partial charge < -0.3 is 24.8 Å². The van der Waals surface area contributed by atoms with E-state index in [1.807, 2.05) is 0 Å². The highest BCUT2D eigenvalue weighted by Gasteiger charge is 2.33. The maximum Gasteiger partial charge on any atom is 0.247 e. The van der Waals surface area contributed by atoms with E-state index >= 15 is 0 Å². The first-order valence-electron chi connectivity index (χ1n) is 14.1. The van der Waals surface area contributed by atoms with Crippen molar-refractivity contribution in [2.45, 2.75) is 31.7 Å². The van der Waals surface area contributed by atoms with Gasteiger partial charge in [0.25, 0.3) is 0 Å². The zero-order valence-corrected chi connectivity index (χ0v) is 24.1. The fourth-order valence-corrected chi connectivity index (χ4v) is 5.61. The fourth-order valence-electron chi connectivity index (χ4n) is 5.37. The molecule has 0 saturated carbocycles. The Hall–Kier alpha value is -4.25. The summed E-state index contributed by atoms with van der Waals surface area (Å²) < 4.78 is 31.4. The molecule has 3 heterocycles. The van der Waals surface area contributed by atoms with Crippen LogP contribution < -0.4 is 20.1 Å². The maximum atomic E-state index is 13.5. The molecule has 2 saturated heterocycles. The third-order valence-corrected chi connectivity index (χ3v) is 7.74. The van der Waals surface area contributed by atoms with Crippen molar-refractivity contribution in [3.8, 4) is 11.5 Å². The molecule has 9 nitrogen and oxygen atoms in total. The van der Waals surface area contributed by atoms with Gasteiger partial charge in [0.15, 0.2) is 0 Å². The lowest BCUT2D eigenvalue weighted by molar-refractivity contribution is -0.111. The molecule has 2 N–H and O–H groups in total. The molecule has 4 aromatic rings. The van der Waals surface area contributed by atoms with Crippen LogP contribution in [0.4, 0.5) is 21.6 Å². The molecule has 0 aliphatic carbocycles. The van der Waals surface area contributed by atoms with Gasteiger partial charge in [-0.1, -0.05) is 30.3 Å². The molecule has 2 fully saturated rings. The van der Waals surface area contributed by atoms with Gasteiger partial charge >= 0.3 is 0 Å². The second-order valence-corrected chi connectivity index (χ2v) is 10.9. The van der Waals surface area contributed by atoms with Crippen molar-refractivity contribution in [3.05, 3.63) is 90.0 Å². The third-order valence-electron chi connectivity index (χ3n) is 7.44. The molecular formula is C32H31ClFN5O4. The zero-order chi connectivity index (χ0) is 29.8. The lowest BCUT2D eigenvalue weighted by atomic mass is 10.1. The molecule has 0 spiro atoms. The van der Waals surface area contributed by atoms with E-state index in [1.165, 1.54) is 24.5 Å². The van der Waals surface area contributed by atoms with Crippen LogP contribution in [0.5, 0.6) is 11.5 Å². The average Bonchev–Trinajstić information content (AvgIpc) is 3.34. The Morgan fingerprint density at radius 3 is 2.70 bits per heavy atom. The van der Waals surface area contributed by atoms with Crippen LogP contribution in [0.1, 0.15) is 18.4 Å². The highest BCUT2D eigenvalue weighted by molar-refractivity contribution is 6.32. The van der Waals surface area contributed by atoms with Crippen molar-refractivity contribution in [1.82, 2.24) is 14.9 Å². The number of carbonyl (C=O) groups is 1. The molecular weight excluding hydrogens is 573 g/mol. The predicted octanol–water partition coefficient (Wildman–Crippen LogP) is 6.11. The van der Waals surface area contributed by atoms with Crippen LogP contribution in [0.2, 0.25) is 5.02 Å². The van der Waals surface area contributed by atoms with E-state index in [4.69, 9.17) is 25.8 Å². The number of hydrogen-bond donors (Lipinski definition) is 2. The number of fused-ring (bicyclic) bond motifs is 3. The van der Waals surface area contributed by atoms with Crippen molar-refractivity contribution in [2.75, 3.05) is 36.9 Å². The Morgan fingerprint density at radius 2 is 1.93 bits per heavy atom. The number of hydrogen-bond acceptors (Lipinski definition) is 8. The number of ether oxygens (including phenoxy) is 3. The first-order chi connectivity index (χ1) is 20.9. The number of nitrogens with zero attached hydrogens (tertiary/aromatic N) is 3. The Kier molecular flexibility index (Phi) is 8.69. The van der Waals surface area contributed by atoms with Crippen molar-refractivity contribution in [1.29, 1.82) is 0 Å². The summed E-state index contributed by atoms with van der Waals surface area (Å²) in [5.41, 5.74) is 2.48. The van der Waals surface area contributed by atoms with E-state index in [-0.39, 0.29) is 18.3 Å². The van der Waals surface area contributed by atoms with E-state index < -0.39 is 0 Å². The maximum absolute atomic E-state index is 13.5. The SMILES string of the molecule is C=CC(=O)Nc1cc2c(Nc3ccc(OCc4cccc(F)c4)c(Cl)c3)ncnc2cc1OCCN1CC2CCC(C1)O2. The van der Waals surface area contributed by atoms with Crippen LogP contribution in [-0.2, 0) is 16.1 Å². The number of amides is 1. The van der Waals surface area contributed by atoms with Gasteiger partial charge in [0.1, 0.15) is 42.7 Å².